The molecular formula is C11H18N2O. The molecule has 0 aliphatic rings. The third kappa shape index (κ3) is 3.36. The average molecular weight is 194 g/mol. The molecule has 1 rings (SSSR count). The summed E-state index contributed by atoms with van der Waals surface area (Å²) in [4.78, 5) is 2.16. The summed E-state index contributed by atoms with van der Waals surface area (Å²) in [6, 6.07) is 2.09. The molecule has 0 fully saturated rings. The van der Waals surface area contributed by atoms with Gasteiger partial charge in [-0.05, 0) is 11.6 Å². The highest BCUT2D eigenvalue weighted by Crippen LogP contribution is 2.04. The maximum atomic E-state index is 8.87. The minimum Gasteiger partial charge on any atom is -0.395 e. The number of aliphatic hydroxyl groups is 1. The molecule has 0 atom stereocenters. The zero-order valence-electron chi connectivity index (χ0n) is 8.69. The summed E-state index contributed by atoms with van der Waals surface area (Å²) in [7, 11) is 2.01. The van der Waals surface area contributed by atoms with Gasteiger partial charge < -0.3 is 9.67 Å². The van der Waals surface area contributed by atoms with Gasteiger partial charge in [-0.1, -0.05) is 6.08 Å². The fourth-order valence-corrected chi connectivity index (χ4v) is 1.47. The number of aryl methyl sites for hydroxylation is 1. The maximum Gasteiger partial charge on any atom is 0.0558 e. The first-order chi connectivity index (χ1) is 6.76. The Balaban J connectivity index is 2.49. The summed E-state index contributed by atoms with van der Waals surface area (Å²) in [5, 5.41) is 8.87. The lowest BCUT2D eigenvalue weighted by atomic mass is 10.3. The Morgan fingerprint density at radius 3 is 2.93 bits per heavy atom. The summed E-state index contributed by atoms with van der Waals surface area (Å²) in [5.41, 5.74) is 1.27. The number of aromatic nitrogens is 1. The van der Waals surface area contributed by atoms with E-state index in [1.165, 1.54) is 5.56 Å². The molecule has 0 saturated carbocycles. The minimum absolute atomic E-state index is 0.195. The molecule has 3 nitrogen and oxygen atoms in total. The Morgan fingerprint density at radius 2 is 2.43 bits per heavy atom. The van der Waals surface area contributed by atoms with Crippen LogP contribution in [0, 0.1) is 0 Å². The molecule has 14 heavy (non-hydrogen) atoms. The topological polar surface area (TPSA) is 28.4 Å². The van der Waals surface area contributed by atoms with Crippen LogP contribution in [0.4, 0.5) is 0 Å². The second-order valence-corrected chi connectivity index (χ2v) is 3.43. The van der Waals surface area contributed by atoms with E-state index in [1.54, 1.807) is 0 Å². The zero-order valence-corrected chi connectivity index (χ0v) is 8.69. The largest absolute Gasteiger partial charge is 0.395 e. The molecule has 1 aromatic heterocycles. The summed E-state index contributed by atoms with van der Waals surface area (Å²) < 4.78 is 2.03. The fourth-order valence-electron chi connectivity index (χ4n) is 1.47. The highest BCUT2D eigenvalue weighted by molar-refractivity contribution is 5.09. The third-order valence-electron chi connectivity index (χ3n) is 2.10. The van der Waals surface area contributed by atoms with E-state index in [9.17, 15) is 0 Å². The van der Waals surface area contributed by atoms with Crippen LogP contribution >= 0.6 is 0 Å². The Labute approximate surface area is 85.3 Å². The van der Waals surface area contributed by atoms with Crippen molar-refractivity contribution < 1.29 is 5.11 Å². The molecule has 0 aliphatic heterocycles. The van der Waals surface area contributed by atoms with E-state index in [0.717, 1.165) is 13.1 Å². The average Bonchev–Trinajstić information content (AvgIpc) is 2.52. The molecule has 1 aromatic rings. The predicted octanol–water partition coefficient (Wildman–Crippen LogP) is 1.01. The van der Waals surface area contributed by atoms with Crippen LogP contribution in [-0.2, 0) is 13.6 Å². The predicted molar refractivity (Wildman–Crippen MR) is 58.0 cm³/mol. The summed E-state index contributed by atoms with van der Waals surface area (Å²) >= 11 is 0. The van der Waals surface area contributed by atoms with Crippen molar-refractivity contribution in [2.75, 3.05) is 19.7 Å². The van der Waals surface area contributed by atoms with Crippen molar-refractivity contribution in [2.24, 2.45) is 7.05 Å². The zero-order chi connectivity index (χ0) is 10.4. The lowest BCUT2D eigenvalue weighted by molar-refractivity contribution is 0.203. The monoisotopic (exact) mass is 194 g/mol. The summed E-state index contributed by atoms with van der Waals surface area (Å²) in [6.45, 7) is 6.27. The Morgan fingerprint density at radius 1 is 1.64 bits per heavy atom. The number of hydrogen-bond donors (Lipinski definition) is 1. The van der Waals surface area contributed by atoms with Gasteiger partial charge >= 0.3 is 0 Å². The van der Waals surface area contributed by atoms with Crippen LogP contribution in [0.5, 0.6) is 0 Å². The fraction of sp³-hybridized carbons (Fsp3) is 0.455. The van der Waals surface area contributed by atoms with Crippen LogP contribution in [-0.4, -0.2) is 34.3 Å². The van der Waals surface area contributed by atoms with E-state index in [4.69, 9.17) is 5.11 Å². The number of nitrogens with zero attached hydrogens (tertiary/aromatic N) is 2. The molecular weight excluding hydrogens is 176 g/mol. The van der Waals surface area contributed by atoms with Gasteiger partial charge in [0.2, 0.25) is 0 Å². The normalized spacial score (nSPS) is 10.8. The van der Waals surface area contributed by atoms with E-state index in [1.807, 2.05) is 23.9 Å². The van der Waals surface area contributed by atoms with E-state index >= 15 is 0 Å². The first kappa shape index (κ1) is 11.0. The van der Waals surface area contributed by atoms with Crippen molar-refractivity contribution in [3.63, 3.8) is 0 Å². The summed E-state index contributed by atoms with van der Waals surface area (Å²) in [5.74, 6) is 0. The summed E-state index contributed by atoms with van der Waals surface area (Å²) in [6.07, 6.45) is 5.98. The van der Waals surface area contributed by atoms with Gasteiger partial charge in [0.15, 0.2) is 0 Å². The van der Waals surface area contributed by atoms with Gasteiger partial charge in [0.1, 0.15) is 0 Å². The van der Waals surface area contributed by atoms with E-state index in [0.29, 0.717) is 6.54 Å². The molecule has 0 radical (unpaired) electrons. The van der Waals surface area contributed by atoms with Crippen molar-refractivity contribution in [3.8, 4) is 0 Å². The van der Waals surface area contributed by atoms with Gasteiger partial charge in [-0.2, -0.15) is 0 Å². The molecule has 3 heteroatoms. The SMILES string of the molecule is C=CCN(CCO)Cc1ccn(C)c1. The van der Waals surface area contributed by atoms with Gasteiger partial charge in [0, 0.05) is 39.1 Å². The van der Waals surface area contributed by atoms with E-state index < -0.39 is 0 Å². The maximum absolute atomic E-state index is 8.87. The lowest BCUT2D eigenvalue weighted by Gasteiger charge is -2.18. The van der Waals surface area contributed by atoms with Crippen molar-refractivity contribution in [1.29, 1.82) is 0 Å². The van der Waals surface area contributed by atoms with Crippen molar-refractivity contribution >= 4 is 0 Å². The Bertz CT molecular complexity index is 281. The standard InChI is InChI=1S/C11H18N2O/c1-3-5-13(7-8-14)10-11-4-6-12(2)9-11/h3-4,6,9,14H,1,5,7-8,10H2,2H3. The van der Waals surface area contributed by atoms with E-state index in [2.05, 4.69) is 23.7 Å². The quantitative estimate of drug-likeness (QED) is 0.684. The highest BCUT2D eigenvalue weighted by Gasteiger charge is 2.03. The molecule has 0 aliphatic carbocycles. The van der Waals surface area contributed by atoms with Gasteiger partial charge in [-0.15, -0.1) is 6.58 Å². The van der Waals surface area contributed by atoms with Gasteiger partial charge in [0.25, 0.3) is 0 Å². The number of aliphatic hydroxyl groups excluding tert-OH is 1. The molecule has 1 N–H and O–H groups in total. The molecule has 0 unspecified atom stereocenters. The molecule has 78 valence electrons. The minimum atomic E-state index is 0.195. The van der Waals surface area contributed by atoms with Gasteiger partial charge in [-0.3, -0.25) is 4.90 Å². The second kappa shape index (κ2) is 5.62. The highest BCUT2D eigenvalue weighted by atomic mass is 16.3. The van der Waals surface area contributed by atoms with Crippen LogP contribution in [0.2, 0.25) is 0 Å². The first-order valence-corrected chi connectivity index (χ1v) is 4.81. The van der Waals surface area contributed by atoms with Crippen LogP contribution in [0.3, 0.4) is 0 Å². The van der Waals surface area contributed by atoms with Crippen LogP contribution in [0.1, 0.15) is 5.56 Å². The second-order valence-electron chi connectivity index (χ2n) is 3.43. The van der Waals surface area contributed by atoms with E-state index in [-0.39, 0.29) is 6.61 Å². The molecule has 0 saturated heterocycles. The first-order valence-electron chi connectivity index (χ1n) is 4.81. The Kier molecular flexibility index (Phi) is 4.43. The molecule has 0 aromatic carbocycles. The van der Waals surface area contributed by atoms with Crippen LogP contribution in [0.15, 0.2) is 31.1 Å². The smallest absolute Gasteiger partial charge is 0.0558 e. The van der Waals surface area contributed by atoms with Gasteiger partial charge in [0.05, 0.1) is 6.61 Å². The van der Waals surface area contributed by atoms with Crippen molar-refractivity contribution in [2.45, 2.75) is 6.54 Å². The van der Waals surface area contributed by atoms with Crippen molar-refractivity contribution in [3.05, 3.63) is 36.7 Å². The van der Waals surface area contributed by atoms with Crippen molar-refractivity contribution in [1.82, 2.24) is 9.47 Å². The Hall–Kier alpha value is -1.06. The number of rotatable bonds is 6. The molecule has 0 amide bonds. The molecule has 1 heterocycles. The van der Waals surface area contributed by atoms with Crippen LogP contribution < -0.4 is 0 Å². The third-order valence-corrected chi connectivity index (χ3v) is 2.10. The molecule has 0 spiro atoms. The van der Waals surface area contributed by atoms with Crippen LogP contribution in [0.25, 0.3) is 0 Å². The van der Waals surface area contributed by atoms with Gasteiger partial charge in [-0.25, -0.2) is 0 Å². The lowest BCUT2D eigenvalue weighted by Crippen LogP contribution is -2.26. The molecule has 0 bridgehead atoms. The number of hydrogen-bond acceptors (Lipinski definition) is 2.